The Kier molecular flexibility index (Phi) is 4.56. The zero-order valence-electron chi connectivity index (χ0n) is 14.1. The monoisotopic (exact) mass is 318 g/mol. The van der Waals surface area contributed by atoms with E-state index in [4.69, 9.17) is 0 Å². The molecule has 0 amide bonds. The molecule has 0 bridgehead atoms. The molecule has 0 spiro atoms. The molecule has 23 heavy (non-hydrogen) atoms. The fraction of sp³-hybridized carbons (Fsp3) is 0.471. The van der Waals surface area contributed by atoms with Crippen molar-refractivity contribution >= 4 is 16.9 Å². The van der Waals surface area contributed by atoms with Crippen LogP contribution in [0.5, 0.6) is 0 Å². The number of rotatable bonds is 4. The first-order valence-corrected chi connectivity index (χ1v) is 7.50. The molecule has 0 aliphatic carbocycles. The van der Waals surface area contributed by atoms with Gasteiger partial charge in [0.05, 0.1) is 24.6 Å². The number of hydrogen-bond acceptors (Lipinski definition) is 5. The van der Waals surface area contributed by atoms with Gasteiger partial charge in [-0.15, -0.1) is 0 Å². The maximum absolute atomic E-state index is 12.6. The van der Waals surface area contributed by atoms with Crippen LogP contribution in [-0.2, 0) is 21.6 Å². The summed E-state index contributed by atoms with van der Waals surface area (Å²) in [5, 5.41) is 15.0. The zero-order valence-corrected chi connectivity index (χ0v) is 14.1. The molecule has 2 rings (SSSR count). The van der Waals surface area contributed by atoms with Crippen LogP contribution in [0.1, 0.15) is 45.0 Å². The predicted octanol–water partition coefficient (Wildman–Crippen LogP) is 1.92. The molecule has 0 saturated carbocycles. The van der Waals surface area contributed by atoms with Crippen LogP contribution in [0.3, 0.4) is 0 Å². The lowest BCUT2D eigenvalue weighted by Gasteiger charge is -2.20. The highest BCUT2D eigenvalue weighted by Crippen LogP contribution is 2.24. The zero-order chi connectivity index (χ0) is 17.4. The third kappa shape index (κ3) is 3.42. The molecular weight excluding hydrogens is 296 g/mol. The van der Waals surface area contributed by atoms with Gasteiger partial charge in [0.25, 0.3) is 0 Å². The van der Waals surface area contributed by atoms with Gasteiger partial charge in [-0.2, -0.15) is 5.10 Å². The van der Waals surface area contributed by atoms with Crippen LogP contribution in [0.2, 0.25) is 0 Å². The van der Waals surface area contributed by atoms with Gasteiger partial charge in [-0.3, -0.25) is 14.3 Å². The molecule has 0 aliphatic heterocycles. The number of aromatic nitrogens is 2. The Morgan fingerprint density at radius 1 is 1.39 bits per heavy atom. The van der Waals surface area contributed by atoms with Crippen LogP contribution in [-0.4, -0.2) is 28.0 Å². The first kappa shape index (κ1) is 17.1. The summed E-state index contributed by atoms with van der Waals surface area (Å²) in [4.78, 5) is 24.1. The van der Waals surface area contributed by atoms with E-state index in [9.17, 15) is 14.7 Å². The van der Waals surface area contributed by atoms with Gasteiger partial charge in [-0.1, -0.05) is 6.07 Å². The van der Waals surface area contributed by atoms with Gasteiger partial charge in [-0.25, -0.2) is 0 Å². The normalized spacial score (nSPS) is 12.0. The Labute approximate surface area is 134 Å². The van der Waals surface area contributed by atoms with Crippen LogP contribution in [0.15, 0.2) is 23.0 Å². The average molecular weight is 318 g/mol. The van der Waals surface area contributed by atoms with Gasteiger partial charge in [0, 0.05) is 11.4 Å². The fourth-order valence-corrected chi connectivity index (χ4v) is 2.40. The SMILES string of the molecule is COC(=O)Cc1nn(C(C)C)c2cc(C(C)(C)O)ccc2c1=O. The first-order valence-electron chi connectivity index (χ1n) is 7.50. The van der Waals surface area contributed by atoms with Crippen molar-refractivity contribution in [2.24, 2.45) is 0 Å². The lowest BCUT2D eigenvalue weighted by Crippen LogP contribution is -2.24. The summed E-state index contributed by atoms with van der Waals surface area (Å²) in [5.74, 6) is -0.502. The molecule has 1 aromatic carbocycles. The minimum absolute atomic E-state index is 0.00782. The number of ether oxygens (including phenoxy) is 1. The summed E-state index contributed by atoms with van der Waals surface area (Å²) in [5.41, 5.74) is 0.190. The number of fused-ring (bicyclic) bond motifs is 1. The second-order valence-electron chi connectivity index (χ2n) is 6.36. The standard InChI is InChI=1S/C17H22N2O4/c1-10(2)19-14-8-11(17(3,4)22)6-7-12(14)16(21)13(18-19)9-15(20)23-5/h6-8,10,22H,9H2,1-5H3. The number of aliphatic hydroxyl groups is 1. The van der Waals surface area contributed by atoms with Crippen LogP contribution in [0.25, 0.3) is 10.9 Å². The van der Waals surface area contributed by atoms with Gasteiger partial charge >= 0.3 is 5.97 Å². The highest BCUT2D eigenvalue weighted by molar-refractivity contribution is 5.81. The number of benzene rings is 1. The highest BCUT2D eigenvalue weighted by atomic mass is 16.5. The van der Waals surface area contributed by atoms with Gasteiger partial charge in [0.1, 0.15) is 5.69 Å². The summed E-state index contributed by atoms with van der Waals surface area (Å²) in [7, 11) is 1.28. The molecule has 6 heteroatoms. The molecule has 0 aliphatic rings. The van der Waals surface area contributed by atoms with Crippen LogP contribution in [0.4, 0.5) is 0 Å². The number of carbonyl (C=O) groups excluding carboxylic acids is 1. The van der Waals surface area contributed by atoms with Crippen molar-refractivity contribution in [3.63, 3.8) is 0 Å². The van der Waals surface area contributed by atoms with E-state index >= 15 is 0 Å². The summed E-state index contributed by atoms with van der Waals surface area (Å²) in [6.07, 6.45) is -0.161. The van der Waals surface area contributed by atoms with Crippen molar-refractivity contribution in [1.29, 1.82) is 0 Å². The van der Waals surface area contributed by atoms with Gasteiger partial charge in [0.15, 0.2) is 0 Å². The average Bonchev–Trinajstić information content (AvgIpc) is 2.48. The molecule has 0 atom stereocenters. The second-order valence-corrected chi connectivity index (χ2v) is 6.36. The highest BCUT2D eigenvalue weighted by Gasteiger charge is 2.20. The Balaban J connectivity index is 2.75. The Hall–Kier alpha value is -2.21. The van der Waals surface area contributed by atoms with Crippen LogP contribution < -0.4 is 5.43 Å². The molecular formula is C17H22N2O4. The number of nitrogens with zero attached hydrogens (tertiary/aromatic N) is 2. The fourth-order valence-electron chi connectivity index (χ4n) is 2.40. The molecule has 1 aromatic heterocycles. The van der Waals surface area contributed by atoms with E-state index in [1.54, 1.807) is 36.7 Å². The summed E-state index contributed by atoms with van der Waals surface area (Å²) < 4.78 is 6.32. The quantitative estimate of drug-likeness (QED) is 0.871. The van der Waals surface area contributed by atoms with E-state index < -0.39 is 11.6 Å². The van der Waals surface area contributed by atoms with Gasteiger partial charge in [-0.05, 0) is 45.4 Å². The topological polar surface area (TPSA) is 81.4 Å². The summed E-state index contributed by atoms with van der Waals surface area (Å²) >= 11 is 0. The summed E-state index contributed by atoms with van der Waals surface area (Å²) in [6.45, 7) is 7.25. The van der Waals surface area contributed by atoms with Crippen molar-refractivity contribution in [3.05, 3.63) is 39.7 Å². The number of esters is 1. The number of carbonyl (C=O) groups is 1. The smallest absolute Gasteiger partial charge is 0.311 e. The summed E-state index contributed by atoms with van der Waals surface area (Å²) in [6, 6.07) is 5.15. The molecule has 0 saturated heterocycles. The number of hydrogen-bond donors (Lipinski definition) is 1. The lowest BCUT2D eigenvalue weighted by molar-refractivity contribution is -0.139. The molecule has 1 N–H and O–H groups in total. The largest absolute Gasteiger partial charge is 0.469 e. The minimum Gasteiger partial charge on any atom is -0.469 e. The van der Waals surface area contributed by atoms with E-state index in [-0.39, 0.29) is 23.6 Å². The van der Waals surface area contributed by atoms with Crippen molar-refractivity contribution in [2.45, 2.75) is 45.8 Å². The van der Waals surface area contributed by atoms with Crippen LogP contribution in [0, 0.1) is 0 Å². The lowest BCUT2D eigenvalue weighted by atomic mass is 9.97. The third-order valence-corrected chi connectivity index (χ3v) is 3.71. The Bertz CT molecular complexity index is 801. The van der Waals surface area contributed by atoms with Crippen molar-refractivity contribution in [1.82, 2.24) is 9.78 Å². The van der Waals surface area contributed by atoms with Crippen molar-refractivity contribution in [3.8, 4) is 0 Å². The Morgan fingerprint density at radius 3 is 2.57 bits per heavy atom. The van der Waals surface area contributed by atoms with Crippen molar-refractivity contribution < 1.29 is 14.6 Å². The minimum atomic E-state index is -1.02. The van der Waals surface area contributed by atoms with Crippen molar-refractivity contribution in [2.75, 3.05) is 7.11 Å². The van der Waals surface area contributed by atoms with Crippen LogP contribution >= 0.6 is 0 Å². The van der Waals surface area contributed by atoms with E-state index in [1.807, 2.05) is 13.8 Å². The molecule has 124 valence electrons. The van der Waals surface area contributed by atoms with E-state index in [0.717, 1.165) is 0 Å². The van der Waals surface area contributed by atoms with E-state index in [1.165, 1.54) is 7.11 Å². The maximum atomic E-state index is 12.6. The van der Waals surface area contributed by atoms with Gasteiger partial charge < -0.3 is 9.84 Å². The molecule has 1 heterocycles. The third-order valence-electron chi connectivity index (χ3n) is 3.71. The molecule has 6 nitrogen and oxygen atoms in total. The molecule has 0 fully saturated rings. The predicted molar refractivity (Wildman–Crippen MR) is 87.4 cm³/mol. The van der Waals surface area contributed by atoms with E-state index in [2.05, 4.69) is 9.84 Å². The Morgan fingerprint density at radius 2 is 2.04 bits per heavy atom. The first-order chi connectivity index (χ1) is 10.6. The number of methoxy groups -OCH3 is 1. The molecule has 0 unspecified atom stereocenters. The molecule has 0 radical (unpaired) electrons. The van der Waals surface area contributed by atoms with E-state index in [0.29, 0.717) is 16.5 Å². The van der Waals surface area contributed by atoms with Gasteiger partial charge in [0.2, 0.25) is 5.43 Å². The second kappa shape index (κ2) is 6.12. The molecule has 2 aromatic rings. The maximum Gasteiger partial charge on any atom is 0.311 e.